The number of para-hydroxylation sites is 1. The third-order valence-electron chi connectivity index (χ3n) is 3.97. The van der Waals surface area contributed by atoms with Gasteiger partial charge in [-0.2, -0.15) is 0 Å². The van der Waals surface area contributed by atoms with Crippen LogP contribution in [0.25, 0.3) is 0 Å². The van der Waals surface area contributed by atoms with Crippen molar-refractivity contribution in [1.29, 1.82) is 0 Å². The monoisotopic (exact) mass is 324 g/mol. The number of hydrogen-bond donors (Lipinski definition) is 2. The van der Waals surface area contributed by atoms with Crippen LogP contribution >= 0.6 is 0 Å². The highest BCUT2D eigenvalue weighted by atomic mass is 16.1. The van der Waals surface area contributed by atoms with E-state index in [0.717, 1.165) is 24.2 Å². The lowest BCUT2D eigenvalue weighted by Crippen LogP contribution is -2.24. The van der Waals surface area contributed by atoms with Gasteiger partial charge in [-0.25, -0.2) is 0 Å². The Morgan fingerprint density at radius 1 is 0.917 bits per heavy atom. The molecule has 0 atom stereocenters. The number of rotatable bonds is 7. The minimum atomic E-state index is 0.0117. The number of carbonyl (C=O) groups excluding carboxylic acids is 1. The number of carbonyl (C=O) groups is 1. The third-order valence-corrected chi connectivity index (χ3v) is 3.97. The van der Waals surface area contributed by atoms with E-state index in [1.54, 1.807) is 0 Å². The van der Waals surface area contributed by atoms with Crippen LogP contribution in [0.1, 0.15) is 38.3 Å². The standard InChI is InChI=1S/C21H28N2O/c1-21(2,3)18-11-7-8-12-19(18)23-20(24)14-16-22-15-13-17-9-5-4-6-10-17/h4-12,22H,13-16H2,1-3H3,(H,23,24). The maximum absolute atomic E-state index is 12.2. The molecule has 2 aromatic rings. The van der Waals surface area contributed by atoms with Crippen molar-refractivity contribution in [2.45, 2.75) is 39.0 Å². The summed E-state index contributed by atoms with van der Waals surface area (Å²) < 4.78 is 0. The van der Waals surface area contributed by atoms with Crippen molar-refractivity contribution >= 4 is 11.6 Å². The number of anilines is 1. The summed E-state index contributed by atoms with van der Waals surface area (Å²) in [6.45, 7) is 8.04. The molecule has 3 heteroatoms. The number of benzene rings is 2. The van der Waals surface area contributed by atoms with E-state index in [0.29, 0.717) is 13.0 Å². The summed E-state index contributed by atoms with van der Waals surface area (Å²) in [5.41, 5.74) is 3.40. The highest BCUT2D eigenvalue weighted by Gasteiger charge is 2.18. The Morgan fingerprint density at radius 2 is 1.58 bits per heavy atom. The maximum atomic E-state index is 12.2. The average molecular weight is 324 g/mol. The summed E-state index contributed by atoms with van der Waals surface area (Å²) in [6, 6.07) is 18.4. The molecule has 2 aromatic carbocycles. The SMILES string of the molecule is CC(C)(C)c1ccccc1NC(=O)CCNCCc1ccccc1. The third kappa shape index (κ3) is 5.82. The van der Waals surface area contributed by atoms with Crippen molar-refractivity contribution in [3.8, 4) is 0 Å². The average Bonchev–Trinajstić information content (AvgIpc) is 2.55. The first kappa shape index (κ1) is 18.2. The van der Waals surface area contributed by atoms with Gasteiger partial charge in [-0.15, -0.1) is 0 Å². The molecule has 0 aromatic heterocycles. The van der Waals surface area contributed by atoms with Crippen molar-refractivity contribution in [3.63, 3.8) is 0 Å². The van der Waals surface area contributed by atoms with Gasteiger partial charge in [0.05, 0.1) is 0 Å². The molecule has 0 saturated heterocycles. The molecule has 0 aliphatic rings. The molecular weight excluding hydrogens is 296 g/mol. The quantitative estimate of drug-likeness (QED) is 0.751. The molecule has 2 N–H and O–H groups in total. The number of hydrogen-bond acceptors (Lipinski definition) is 2. The van der Waals surface area contributed by atoms with Crippen molar-refractivity contribution < 1.29 is 4.79 Å². The van der Waals surface area contributed by atoms with Crippen LogP contribution in [0.5, 0.6) is 0 Å². The lowest BCUT2D eigenvalue weighted by Gasteiger charge is -2.23. The smallest absolute Gasteiger partial charge is 0.225 e. The Hall–Kier alpha value is -2.13. The van der Waals surface area contributed by atoms with E-state index in [9.17, 15) is 4.79 Å². The van der Waals surface area contributed by atoms with E-state index in [4.69, 9.17) is 0 Å². The molecule has 3 nitrogen and oxygen atoms in total. The summed E-state index contributed by atoms with van der Waals surface area (Å²) in [5.74, 6) is 0.0545. The topological polar surface area (TPSA) is 41.1 Å². The molecule has 24 heavy (non-hydrogen) atoms. The van der Waals surface area contributed by atoms with Crippen LogP contribution in [-0.2, 0) is 16.6 Å². The molecule has 0 heterocycles. The first-order chi connectivity index (χ1) is 11.5. The normalized spacial score (nSPS) is 11.3. The fourth-order valence-electron chi connectivity index (χ4n) is 2.66. The summed E-state index contributed by atoms with van der Waals surface area (Å²) >= 11 is 0. The van der Waals surface area contributed by atoms with Gasteiger partial charge >= 0.3 is 0 Å². The lowest BCUT2D eigenvalue weighted by molar-refractivity contribution is -0.116. The van der Waals surface area contributed by atoms with Crippen LogP contribution in [-0.4, -0.2) is 19.0 Å². The van der Waals surface area contributed by atoms with Gasteiger partial charge in [-0.05, 0) is 35.6 Å². The van der Waals surface area contributed by atoms with Crippen LogP contribution in [0.2, 0.25) is 0 Å². The fourth-order valence-corrected chi connectivity index (χ4v) is 2.66. The van der Waals surface area contributed by atoms with Crippen molar-refractivity contribution in [2.24, 2.45) is 0 Å². The molecular formula is C21H28N2O. The first-order valence-electron chi connectivity index (χ1n) is 8.61. The highest BCUT2D eigenvalue weighted by molar-refractivity contribution is 5.91. The van der Waals surface area contributed by atoms with Crippen LogP contribution in [0, 0.1) is 0 Å². The van der Waals surface area contributed by atoms with E-state index in [-0.39, 0.29) is 11.3 Å². The van der Waals surface area contributed by atoms with Gasteiger partial charge in [0.1, 0.15) is 0 Å². The van der Waals surface area contributed by atoms with Gasteiger partial charge < -0.3 is 10.6 Å². The van der Waals surface area contributed by atoms with Crippen molar-refractivity contribution in [2.75, 3.05) is 18.4 Å². The van der Waals surface area contributed by atoms with Gasteiger partial charge in [0.2, 0.25) is 5.91 Å². The first-order valence-corrected chi connectivity index (χ1v) is 8.61. The van der Waals surface area contributed by atoms with E-state index in [1.807, 2.05) is 24.3 Å². The molecule has 0 spiro atoms. The van der Waals surface area contributed by atoms with Gasteiger partial charge in [0.15, 0.2) is 0 Å². The maximum Gasteiger partial charge on any atom is 0.225 e. The van der Waals surface area contributed by atoms with E-state index in [2.05, 4.69) is 61.7 Å². The molecule has 0 aliphatic heterocycles. The fraction of sp³-hybridized carbons (Fsp3) is 0.381. The molecule has 0 unspecified atom stereocenters. The Kier molecular flexibility index (Phi) is 6.56. The Morgan fingerprint density at radius 3 is 2.29 bits per heavy atom. The molecule has 0 saturated carbocycles. The van der Waals surface area contributed by atoms with Crippen LogP contribution in [0.4, 0.5) is 5.69 Å². The summed E-state index contributed by atoms with van der Waals surface area (Å²) in [6.07, 6.45) is 1.46. The Bertz CT molecular complexity index is 644. The molecule has 128 valence electrons. The van der Waals surface area contributed by atoms with Crippen molar-refractivity contribution in [1.82, 2.24) is 5.32 Å². The van der Waals surface area contributed by atoms with E-state index >= 15 is 0 Å². The number of amides is 1. The summed E-state index contributed by atoms with van der Waals surface area (Å²) in [5, 5.41) is 6.38. The predicted molar refractivity (Wildman–Crippen MR) is 101 cm³/mol. The van der Waals surface area contributed by atoms with Crippen LogP contribution in [0.3, 0.4) is 0 Å². The van der Waals surface area contributed by atoms with Gasteiger partial charge in [0.25, 0.3) is 0 Å². The van der Waals surface area contributed by atoms with E-state index < -0.39 is 0 Å². The zero-order chi connectivity index (χ0) is 17.4. The molecule has 1 amide bonds. The lowest BCUT2D eigenvalue weighted by atomic mass is 9.86. The highest BCUT2D eigenvalue weighted by Crippen LogP contribution is 2.29. The zero-order valence-corrected chi connectivity index (χ0v) is 14.9. The Labute approximate surface area is 145 Å². The molecule has 0 fully saturated rings. The second kappa shape index (κ2) is 8.65. The molecule has 0 bridgehead atoms. The second-order valence-corrected chi connectivity index (χ2v) is 7.08. The minimum absolute atomic E-state index is 0.0117. The minimum Gasteiger partial charge on any atom is -0.326 e. The molecule has 2 rings (SSSR count). The predicted octanol–water partition coefficient (Wildman–Crippen LogP) is 4.15. The zero-order valence-electron chi connectivity index (χ0n) is 14.9. The van der Waals surface area contributed by atoms with Gasteiger partial charge in [-0.3, -0.25) is 4.79 Å². The summed E-state index contributed by atoms with van der Waals surface area (Å²) in [7, 11) is 0. The van der Waals surface area contributed by atoms with E-state index in [1.165, 1.54) is 5.56 Å². The van der Waals surface area contributed by atoms with Gasteiger partial charge in [-0.1, -0.05) is 69.3 Å². The second-order valence-electron chi connectivity index (χ2n) is 7.08. The molecule has 0 aliphatic carbocycles. The van der Waals surface area contributed by atoms with Crippen LogP contribution < -0.4 is 10.6 Å². The van der Waals surface area contributed by atoms with Gasteiger partial charge in [0, 0.05) is 18.7 Å². The largest absolute Gasteiger partial charge is 0.326 e. The summed E-state index contributed by atoms with van der Waals surface area (Å²) in [4.78, 5) is 12.2. The Balaban J connectivity index is 1.74. The number of nitrogens with one attached hydrogen (secondary N) is 2. The van der Waals surface area contributed by atoms with Crippen LogP contribution in [0.15, 0.2) is 54.6 Å². The molecule has 0 radical (unpaired) electrons. The van der Waals surface area contributed by atoms with Crippen molar-refractivity contribution in [3.05, 3.63) is 65.7 Å².